The van der Waals surface area contributed by atoms with E-state index in [1.54, 1.807) is 6.92 Å². The monoisotopic (exact) mass is 419 g/mol. The van der Waals surface area contributed by atoms with Crippen LogP contribution in [-0.4, -0.2) is 52.6 Å². The molecule has 3 aromatic rings. The molecule has 1 fully saturated rings. The van der Waals surface area contributed by atoms with Gasteiger partial charge in [-0.1, -0.05) is 60.7 Å². The first-order valence-corrected chi connectivity index (χ1v) is 10.4. The molecule has 0 amide bonds. The smallest absolute Gasteiger partial charge is 0.372 e. The zero-order valence-corrected chi connectivity index (χ0v) is 17.4. The minimum absolute atomic E-state index is 0.0198. The normalized spacial score (nSPS) is 14.6. The average Bonchev–Trinajstić information content (AvgIpc) is 2.81. The molecule has 0 N–H and O–H groups in total. The van der Waals surface area contributed by atoms with Gasteiger partial charge >= 0.3 is 5.69 Å². The third-order valence-corrected chi connectivity index (χ3v) is 5.44. The highest BCUT2D eigenvalue weighted by Gasteiger charge is 2.32. The van der Waals surface area contributed by atoms with Crippen molar-refractivity contribution in [1.29, 1.82) is 0 Å². The van der Waals surface area contributed by atoms with Gasteiger partial charge in [0, 0.05) is 26.2 Å². The molecule has 8 nitrogen and oxygen atoms in total. The standard InChI is InChI=1S/C23H25N5O3/c1-2-31-23-21(28(29)30)22(24-17-25-23)27-15-13-26(14-16-27)20(18-9-5-3-6-10-18)19-11-7-4-8-12-19/h3-12,17,20H,2,13-16H2,1H3. The molecule has 1 saturated heterocycles. The number of ether oxygens (including phenoxy) is 1. The van der Waals surface area contributed by atoms with Crippen molar-refractivity contribution in [2.24, 2.45) is 0 Å². The van der Waals surface area contributed by atoms with Gasteiger partial charge in [-0.2, -0.15) is 4.98 Å². The number of anilines is 1. The molecule has 1 aliphatic rings. The highest BCUT2D eigenvalue weighted by molar-refractivity contribution is 5.63. The van der Waals surface area contributed by atoms with Crippen molar-refractivity contribution in [1.82, 2.24) is 14.9 Å². The van der Waals surface area contributed by atoms with E-state index in [2.05, 4.69) is 63.4 Å². The first-order chi connectivity index (χ1) is 15.2. The summed E-state index contributed by atoms with van der Waals surface area (Å²) in [5, 5.41) is 11.7. The third-order valence-electron chi connectivity index (χ3n) is 5.44. The van der Waals surface area contributed by atoms with Crippen molar-refractivity contribution in [3.63, 3.8) is 0 Å². The molecule has 1 aromatic heterocycles. The van der Waals surface area contributed by atoms with E-state index in [9.17, 15) is 10.1 Å². The van der Waals surface area contributed by atoms with Gasteiger partial charge in [-0.25, -0.2) is 4.98 Å². The third kappa shape index (κ3) is 4.49. The van der Waals surface area contributed by atoms with E-state index in [4.69, 9.17) is 4.74 Å². The highest BCUT2D eigenvalue weighted by Crippen LogP contribution is 2.35. The van der Waals surface area contributed by atoms with Crippen molar-refractivity contribution in [2.45, 2.75) is 13.0 Å². The minimum atomic E-state index is -0.455. The Labute approximate surface area is 181 Å². The Morgan fingerprint density at radius 1 is 0.968 bits per heavy atom. The van der Waals surface area contributed by atoms with Crippen LogP contribution in [0.3, 0.4) is 0 Å². The maximum Gasteiger partial charge on any atom is 0.372 e. The molecule has 0 unspecified atom stereocenters. The van der Waals surface area contributed by atoms with Crippen LogP contribution in [0.15, 0.2) is 67.0 Å². The van der Waals surface area contributed by atoms with Crippen LogP contribution in [0.2, 0.25) is 0 Å². The summed E-state index contributed by atoms with van der Waals surface area (Å²) < 4.78 is 5.37. The van der Waals surface area contributed by atoms with Crippen LogP contribution < -0.4 is 9.64 Å². The summed E-state index contributed by atoms with van der Waals surface area (Å²) in [6.07, 6.45) is 1.33. The van der Waals surface area contributed by atoms with Gasteiger partial charge in [-0.05, 0) is 18.1 Å². The number of hydrogen-bond acceptors (Lipinski definition) is 7. The summed E-state index contributed by atoms with van der Waals surface area (Å²) in [7, 11) is 0. The Hall–Kier alpha value is -3.52. The number of nitro groups is 1. The van der Waals surface area contributed by atoms with E-state index in [1.807, 2.05) is 17.0 Å². The average molecular weight is 419 g/mol. The fourth-order valence-electron chi connectivity index (χ4n) is 4.06. The summed E-state index contributed by atoms with van der Waals surface area (Å²) in [4.78, 5) is 23.8. The predicted octanol–water partition coefficient (Wildman–Crippen LogP) is 3.70. The predicted molar refractivity (Wildman–Crippen MR) is 118 cm³/mol. The van der Waals surface area contributed by atoms with Gasteiger partial charge < -0.3 is 9.64 Å². The summed E-state index contributed by atoms with van der Waals surface area (Å²) >= 11 is 0. The zero-order valence-electron chi connectivity index (χ0n) is 17.4. The lowest BCUT2D eigenvalue weighted by molar-refractivity contribution is -0.385. The lowest BCUT2D eigenvalue weighted by Gasteiger charge is -2.40. The largest absolute Gasteiger partial charge is 0.473 e. The van der Waals surface area contributed by atoms with Crippen LogP contribution in [0.4, 0.5) is 11.5 Å². The molecular formula is C23H25N5O3. The van der Waals surface area contributed by atoms with Crippen molar-refractivity contribution in [3.05, 3.63) is 88.2 Å². The molecule has 0 radical (unpaired) electrons. The van der Waals surface area contributed by atoms with E-state index in [1.165, 1.54) is 17.5 Å². The van der Waals surface area contributed by atoms with E-state index >= 15 is 0 Å². The van der Waals surface area contributed by atoms with Gasteiger partial charge in [0.25, 0.3) is 5.88 Å². The van der Waals surface area contributed by atoms with Crippen LogP contribution in [0.5, 0.6) is 5.88 Å². The maximum atomic E-state index is 11.7. The van der Waals surface area contributed by atoms with E-state index in [0.29, 0.717) is 25.5 Å². The van der Waals surface area contributed by atoms with Crippen LogP contribution in [0.25, 0.3) is 0 Å². The van der Waals surface area contributed by atoms with Gasteiger partial charge in [0.1, 0.15) is 6.33 Å². The molecule has 0 saturated carbocycles. The van der Waals surface area contributed by atoms with Crippen LogP contribution >= 0.6 is 0 Å². The summed E-state index contributed by atoms with van der Waals surface area (Å²) in [6.45, 7) is 4.83. The Morgan fingerprint density at radius 2 is 1.55 bits per heavy atom. The van der Waals surface area contributed by atoms with Gasteiger partial charge in [0.15, 0.2) is 0 Å². The molecule has 2 heterocycles. The molecule has 31 heavy (non-hydrogen) atoms. The topological polar surface area (TPSA) is 84.6 Å². The fraction of sp³-hybridized carbons (Fsp3) is 0.304. The molecule has 1 aliphatic heterocycles. The van der Waals surface area contributed by atoms with Crippen molar-refractivity contribution < 1.29 is 9.66 Å². The first-order valence-electron chi connectivity index (χ1n) is 10.4. The minimum Gasteiger partial charge on any atom is -0.473 e. The Kier molecular flexibility index (Phi) is 6.37. The molecule has 0 aliphatic carbocycles. The number of aromatic nitrogens is 2. The van der Waals surface area contributed by atoms with E-state index in [0.717, 1.165) is 13.1 Å². The molecule has 4 rings (SSSR count). The van der Waals surface area contributed by atoms with Crippen LogP contribution in [0.1, 0.15) is 24.1 Å². The Bertz CT molecular complexity index is 969. The van der Waals surface area contributed by atoms with Gasteiger partial charge in [0.2, 0.25) is 5.82 Å². The molecular weight excluding hydrogens is 394 g/mol. The second kappa shape index (κ2) is 9.53. The van der Waals surface area contributed by atoms with E-state index in [-0.39, 0.29) is 17.6 Å². The van der Waals surface area contributed by atoms with Crippen molar-refractivity contribution >= 4 is 11.5 Å². The number of hydrogen-bond donors (Lipinski definition) is 0. The number of rotatable bonds is 7. The number of piperazine rings is 1. The Morgan fingerprint density at radius 3 is 2.06 bits per heavy atom. The second-order valence-corrected chi connectivity index (χ2v) is 7.29. The number of benzene rings is 2. The molecule has 8 heteroatoms. The summed E-state index contributed by atoms with van der Waals surface area (Å²) in [5.41, 5.74) is 2.29. The highest BCUT2D eigenvalue weighted by atomic mass is 16.6. The van der Waals surface area contributed by atoms with Crippen molar-refractivity contribution in [2.75, 3.05) is 37.7 Å². The molecule has 0 bridgehead atoms. The maximum absolute atomic E-state index is 11.7. The fourth-order valence-corrected chi connectivity index (χ4v) is 4.06. The zero-order chi connectivity index (χ0) is 21.6. The van der Waals surface area contributed by atoms with Gasteiger partial charge in [-0.3, -0.25) is 15.0 Å². The van der Waals surface area contributed by atoms with Gasteiger partial charge in [0.05, 0.1) is 17.6 Å². The lowest BCUT2D eigenvalue weighted by Crippen LogP contribution is -2.48. The summed E-state index contributed by atoms with van der Waals surface area (Å²) in [5.74, 6) is 0.338. The van der Waals surface area contributed by atoms with E-state index < -0.39 is 4.92 Å². The first kappa shape index (κ1) is 20.7. The van der Waals surface area contributed by atoms with Crippen molar-refractivity contribution in [3.8, 4) is 5.88 Å². The number of nitrogens with zero attached hydrogens (tertiary/aromatic N) is 5. The van der Waals surface area contributed by atoms with Crippen LogP contribution in [0, 0.1) is 10.1 Å². The lowest BCUT2D eigenvalue weighted by atomic mass is 9.96. The Balaban J connectivity index is 1.58. The molecule has 2 aromatic carbocycles. The molecule has 0 atom stereocenters. The van der Waals surface area contributed by atoms with Gasteiger partial charge in [-0.15, -0.1) is 0 Å². The van der Waals surface area contributed by atoms with Crippen LogP contribution in [-0.2, 0) is 0 Å². The molecule has 0 spiro atoms. The summed E-state index contributed by atoms with van der Waals surface area (Å²) in [6, 6.07) is 21.0. The second-order valence-electron chi connectivity index (χ2n) is 7.29. The molecule has 160 valence electrons. The SMILES string of the molecule is CCOc1ncnc(N2CCN(C(c3ccccc3)c3ccccc3)CC2)c1[N+](=O)[O-]. The quantitative estimate of drug-likeness (QED) is 0.426.